The number of nitrogen functional groups attached to an aromatic ring is 1. The Labute approximate surface area is 91.8 Å². The number of carbonyl (C=O) groups is 1. The number of hydrogen-bond acceptors (Lipinski definition) is 2. The third kappa shape index (κ3) is 1.35. The third-order valence-corrected chi connectivity index (χ3v) is 2.61. The van der Waals surface area contributed by atoms with Crippen LogP contribution in [-0.2, 0) is 10.7 Å². The smallest absolute Gasteiger partial charge is 0.352 e. The third-order valence-electron chi connectivity index (χ3n) is 2.61. The van der Waals surface area contributed by atoms with Crippen LogP contribution < -0.4 is 10.6 Å². The minimum Gasteiger partial charge on any atom is -0.399 e. The molecule has 1 heterocycles. The summed E-state index contributed by atoms with van der Waals surface area (Å²) in [4.78, 5) is 12.6. The van der Waals surface area contributed by atoms with E-state index in [1.807, 2.05) is 6.92 Å². The summed E-state index contributed by atoms with van der Waals surface area (Å²) in [6.07, 6.45) is 0.631. The second-order valence-electron chi connectivity index (χ2n) is 3.81. The van der Waals surface area contributed by atoms with Crippen molar-refractivity contribution >= 4 is 17.3 Å². The Morgan fingerprint density at radius 1 is 1.44 bits per heavy atom. The average Bonchev–Trinajstić information content (AvgIpc) is 2.41. The zero-order valence-corrected chi connectivity index (χ0v) is 8.84. The first-order valence-corrected chi connectivity index (χ1v) is 5.08. The lowest BCUT2D eigenvalue weighted by atomic mass is 10.1. The van der Waals surface area contributed by atoms with Gasteiger partial charge in [-0.1, -0.05) is 6.92 Å². The first kappa shape index (κ1) is 10.9. The minimum atomic E-state index is -3.44. The SMILES string of the molecule is CCCN1C(=O)C(F)(F)c2cc(N)ccc21. The molecule has 0 bridgehead atoms. The summed E-state index contributed by atoms with van der Waals surface area (Å²) in [6, 6.07) is 4.16. The predicted octanol–water partition coefficient (Wildman–Crippen LogP) is 2.12. The van der Waals surface area contributed by atoms with Crippen LogP contribution in [0.15, 0.2) is 18.2 Å². The maximum Gasteiger partial charge on any atom is 0.352 e. The van der Waals surface area contributed by atoms with Crippen molar-refractivity contribution in [2.45, 2.75) is 19.3 Å². The fourth-order valence-electron chi connectivity index (χ4n) is 1.88. The maximum absolute atomic E-state index is 13.6. The number of benzene rings is 1. The van der Waals surface area contributed by atoms with Gasteiger partial charge < -0.3 is 10.6 Å². The van der Waals surface area contributed by atoms with Crippen molar-refractivity contribution in [3.63, 3.8) is 0 Å². The molecule has 2 N–H and O–H groups in total. The molecule has 0 aromatic heterocycles. The summed E-state index contributed by atoms with van der Waals surface area (Å²) in [5, 5.41) is 0. The molecular formula is C11H12F2N2O. The van der Waals surface area contributed by atoms with Crippen LogP contribution >= 0.6 is 0 Å². The van der Waals surface area contributed by atoms with Gasteiger partial charge in [0, 0.05) is 12.2 Å². The maximum atomic E-state index is 13.6. The van der Waals surface area contributed by atoms with Gasteiger partial charge >= 0.3 is 11.8 Å². The van der Waals surface area contributed by atoms with Crippen molar-refractivity contribution in [2.24, 2.45) is 0 Å². The van der Waals surface area contributed by atoms with Gasteiger partial charge in [-0.05, 0) is 24.6 Å². The highest BCUT2D eigenvalue weighted by molar-refractivity contribution is 6.06. The van der Waals surface area contributed by atoms with Crippen molar-refractivity contribution in [3.8, 4) is 0 Å². The number of carbonyl (C=O) groups excluding carboxylic acids is 1. The number of rotatable bonds is 2. The lowest BCUT2D eigenvalue weighted by Crippen LogP contribution is -2.34. The van der Waals surface area contributed by atoms with Gasteiger partial charge in [0.2, 0.25) is 0 Å². The molecule has 0 unspecified atom stereocenters. The molecule has 1 amide bonds. The molecule has 0 radical (unpaired) electrons. The van der Waals surface area contributed by atoms with Crippen LogP contribution in [0, 0.1) is 0 Å². The number of nitrogens with zero attached hydrogens (tertiary/aromatic N) is 1. The van der Waals surface area contributed by atoms with Crippen molar-refractivity contribution < 1.29 is 13.6 Å². The van der Waals surface area contributed by atoms with E-state index in [9.17, 15) is 13.6 Å². The van der Waals surface area contributed by atoms with Crippen molar-refractivity contribution in [3.05, 3.63) is 23.8 Å². The largest absolute Gasteiger partial charge is 0.399 e. The van der Waals surface area contributed by atoms with Gasteiger partial charge in [0.05, 0.1) is 11.3 Å². The van der Waals surface area contributed by atoms with Crippen molar-refractivity contribution in [2.75, 3.05) is 17.2 Å². The van der Waals surface area contributed by atoms with E-state index >= 15 is 0 Å². The van der Waals surface area contributed by atoms with E-state index in [2.05, 4.69) is 0 Å². The zero-order chi connectivity index (χ0) is 11.9. The monoisotopic (exact) mass is 226 g/mol. The number of fused-ring (bicyclic) bond motifs is 1. The van der Waals surface area contributed by atoms with Gasteiger partial charge in [-0.15, -0.1) is 0 Å². The molecular weight excluding hydrogens is 214 g/mol. The molecule has 0 fully saturated rings. The molecule has 0 saturated heterocycles. The predicted molar refractivity (Wildman–Crippen MR) is 57.4 cm³/mol. The fraction of sp³-hybridized carbons (Fsp3) is 0.364. The first-order chi connectivity index (χ1) is 7.48. The van der Waals surface area contributed by atoms with Gasteiger partial charge in [-0.3, -0.25) is 4.79 Å². The quantitative estimate of drug-likeness (QED) is 0.785. The number of anilines is 2. The van der Waals surface area contributed by atoms with Crippen molar-refractivity contribution in [1.29, 1.82) is 0 Å². The summed E-state index contributed by atoms with van der Waals surface area (Å²) in [5.74, 6) is -4.60. The minimum absolute atomic E-state index is 0.240. The van der Waals surface area contributed by atoms with Gasteiger partial charge in [0.1, 0.15) is 0 Å². The van der Waals surface area contributed by atoms with Crippen LogP contribution in [-0.4, -0.2) is 12.5 Å². The molecule has 1 aromatic rings. The second kappa shape index (κ2) is 3.43. The topological polar surface area (TPSA) is 46.3 Å². The van der Waals surface area contributed by atoms with E-state index in [1.54, 1.807) is 0 Å². The average molecular weight is 226 g/mol. The summed E-state index contributed by atoms with van der Waals surface area (Å²) >= 11 is 0. The molecule has 16 heavy (non-hydrogen) atoms. The molecule has 2 rings (SSSR count). The molecule has 1 aliphatic rings. The standard InChI is InChI=1S/C11H12F2N2O/c1-2-5-15-9-4-3-7(14)6-8(9)11(12,13)10(15)16/h3-4,6H,2,5,14H2,1H3. The summed E-state index contributed by atoms with van der Waals surface area (Å²) in [6.45, 7) is 2.13. The van der Waals surface area contributed by atoms with E-state index < -0.39 is 11.8 Å². The second-order valence-corrected chi connectivity index (χ2v) is 3.81. The van der Waals surface area contributed by atoms with E-state index in [0.29, 0.717) is 13.0 Å². The van der Waals surface area contributed by atoms with E-state index in [0.717, 1.165) is 4.90 Å². The van der Waals surface area contributed by atoms with Crippen molar-refractivity contribution in [1.82, 2.24) is 0 Å². The highest BCUT2D eigenvalue weighted by Crippen LogP contribution is 2.44. The lowest BCUT2D eigenvalue weighted by Gasteiger charge is -2.15. The molecule has 86 valence electrons. The normalized spacial score (nSPS) is 17.7. The highest BCUT2D eigenvalue weighted by Gasteiger charge is 2.52. The Morgan fingerprint density at radius 3 is 2.75 bits per heavy atom. The molecule has 0 saturated carbocycles. The van der Waals surface area contributed by atoms with Gasteiger partial charge in [-0.2, -0.15) is 8.78 Å². The van der Waals surface area contributed by atoms with Crippen LogP contribution in [0.25, 0.3) is 0 Å². The van der Waals surface area contributed by atoms with Crippen LogP contribution in [0.3, 0.4) is 0 Å². The number of halogens is 2. The summed E-state index contributed by atoms with van der Waals surface area (Å²) in [5.41, 5.74) is 5.68. The van der Waals surface area contributed by atoms with E-state index in [-0.39, 0.29) is 16.9 Å². The Hall–Kier alpha value is -1.65. The van der Waals surface area contributed by atoms with Gasteiger partial charge in [0.25, 0.3) is 0 Å². The van der Waals surface area contributed by atoms with Crippen LogP contribution in [0.5, 0.6) is 0 Å². The van der Waals surface area contributed by atoms with Crippen LogP contribution in [0.1, 0.15) is 18.9 Å². The Bertz CT molecular complexity index is 446. The molecule has 0 atom stereocenters. The van der Waals surface area contributed by atoms with Gasteiger partial charge in [0.15, 0.2) is 0 Å². The van der Waals surface area contributed by atoms with E-state index in [1.165, 1.54) is 18.2 Å². The molecule has 1 aromatic carbocycles. The van der Waals surface area contributed by atoms with E-state index in [4.69, 9.17) is 5.73 Å². The van der Waals surface area contributed by atoms with Crippen LogP contribution in [0.4, 0.5) is 20.2 Å². The summed E-state index contributed by atoms with van der Waals surface area (Å²) < 4.78 is 27.3. The first-order valence-electron chi connectivity index (χ1n) is 5.08. The number of alkyl halides is 2. The fourth-order valence-corrected chi connectivity index (χ4v) is 1.88. The Kier molecular flexibility index (Phi) is 2.33. The lowest BCUT2D eigenvalue weighted by molar-refractivity contribution is -0.141. The summed E-state index contributed by atoms with van der Waals surface area (Å²) in [7, 11) is 0. The van der Waals surface area contributed by atoms with Crippen LogP contribution in [0.2, 0.25) is 0 Å². The zero-order valence-electron chi connectivity index (χ0n) is 8.84. The molecule has 0 aliphatic carbocycles. The molecule has 0 spiro atoms. The Balaban J connectivity index is 2.55. The highest BCUT2D eigenvalue weighted by atomic mass is 19.3. The molecule has 5 heteroatoms. The number of amides is 1. The number of nitrogens with two attached hydrogens (primary N) is 1. The number of hydrogen-bond donors (Lipinski definition) is 1. The van der Waals surface area contributed by atoms with Gasteiger partial charge in [-0.25, -0.2) is 0 Å². The molecule has 3 nitrogen and oxygen atoms in total. The molecule has 1 aliphatic heterocycles. The Morgan fingerprint density at radius 2 is 2.12 bits per heavy atom.